The van der Waals surface area contributed by atoms with Crippen LogP contribution in [0.1, 0.15) is 48.8 Å². The van der Waals surface area contributed by atoms with Gasteiger partial charge in [-0.15, -0.1) is 0 Å². The first-order chi connectivity index (χ1) is 25.1. The van der Waals surface area contributed by atoms with Crippen molar-refractivity contribution in [3.63, 3.8) is 0 Å². The summed E-state index contributed by atoms with van der Waals surface area (Å²) >= 11 is 0. The third-order valence-corrected chi connectivity index (χ3v) is 9.68. The van der Waals surface area contributed by atoms with Gasteiger partial charge in [0.1, 0.15) is 40.2 Å². The summed E-state index contributed by atoms with van der Waals surface area (Å²) in [4.78, 5) is 32.6. The van der Waals surface area contributed by atoms with Gasteiger partial charge in [0.25, 0.3) is 12.9 Å². The molecule has 0 aliphatic carbocycles. The summed E-state index contributed by atoms with van der Waals surface area (Å²) in [6.07, 6.45) is -3.94. The predicted octanol–water partition coefficient (Wildman–Crippen LogP) is 5.55. The highest BCUT2D eigenvalue weighted by atomic mass is 19.3. The van der Waals surface area contributed by atoms with E-state index in [0.29, 0.717) is 48.6 Å². The fourth-order valence-corrected chi connectivity index (χ4v) is 6.94. The summed E-state index contributed by atoms with van der Waals surface area (Å²) in [5, 5.41) is 10.8. The number of furan rings is 1. The molecule has 3 aliphatic rings. The summed E-state index contributed by atoms with van der Waals surface area (Å²) in [5.74, 6) is 3.82. The molecule has 16 heteroatoms. The Morgan fingerprint density at radius 3 is 2.63 bits per heavy atom. The van der Waals surface area contributed by atoms with Crippen molar-refractivity contribution in [2.45, 2.75) is 50.0 Å². The van der Waals surface area contributed by atoms with Crippen LogP contribution in [-0.4, -0.2) is 87.7 Å². The van der Waals surface area contributed by atoms with Gasteiger partial charge in [0.15, 0.2) is 17.2 Å². The minimum atomic E-state index is -3.02. The number of morpholine rings is 1. The number of rotatable bonds is 7. The average molecular weight is 719 g/mol. The summed E-state index contributed by atoms with van der Waals surface area (Å²) in [6, 6.07) is 10.1. The zero-order valence-electron chi connectivity index (χ0n) is 27.5. The molecule has 0 radical (unpaired) electrons. The van der Waals surface area contributed by atoms with Crippen LogP contribution in [0.5, 0.6) is 5.88 Å². The van der Waals surface area contributed by atoms with Crippen LogP contribution >= 0.6 is 0 Å². The molecule has 12 nitrogen and oxygen atoms in total. The first-order valence-corrected chi connectivity index (χ1v) is 16.5. The van der Waals surface area contributed by atoms with Crippen LogP contribution in [0.3, 0.4) is 0 Å². The Morgan fingerprint density at radius 2 is 1.88 bits per heavy atom. The highest BCUT2D eigenvalue weighted by Gasteiger charge is 2.50. The topological polar surface area (TPSA) is 136 Å². The molecule has 1 aromatic carbocycles. The van der Waals surface area contributed by atoms with Gasteiger partial charge in [-0.2, -0.15) is 0 Å². The van der Waals surface area contributed by atoms with Crippen molar-refractivity contribution in [1.29, 1.82) is 0 Å². The maximum atomic E-state index is 14.1. The van der Waals surface area contributed by atoms with Gasteiger partial charge in [-0.25, -0.2) is 37.3 Å². The molecule has 3 fully saturated rings. The number of carboxylic acid groups (broad SMARTS) is 1. The van der Waals surface area contributed by atoms with Crippen LogP contribution in [0.4, 0.5) is 29.1 Å². The number of hydrogen-bond acceptors (Lipinski definition) is 11. The number of ether oxygens (including phenoxy) is 3. The number of anilines is 2. The van der Waals surface area contributed by atoms with Gasteiger partial charge >= 0.3 is 5.97 Å². The van der Waals surface area contributed by atoms with E-state index in [1.54, 1.807) is 30.3 Å². The van der Waals surface area contributed by atoms with Crippen LogP contribution in [0.15, 0.2) is 59.3 Å². The fraction of sp³-hybridized carbons (Fsp3) is 0.361. The molecule has 268 valence electrons. The Morgan fingerprint density at radius 1 is 1.06 bits per heavy atom. The zero-order valence-corrected chi connectivity index (χ0v) is 27.5. The van der Waals surface area contributed by atoms with Gasteiger partial charge in [0, 0.05) is 36.3 Å². The van der Waals surface area contributed by atoms with Crippen LogP contribution < -0.4 is 14.5 Å². The minimum Gasteiger partial charge on any atom is -0.480 e. The Kier molecular flexibility index (Phi) is 8.54. The standard InChI is InChI=1S/C36H30F4N6O6/c1-19-36(17-49-18-36)50-12-11-45(19)24-13-20(8-9-21-5-4-10-41-27(21)30(37)38)15-42-34(24)51-22-14-25(35(47)48)46(16-22)33-29-28(43-32(44-33)31(39)40)23-6-2-3-7-26(23)52-29/h2-7,10,13,15,19,22,25,30-31H,11-12,14,16-18H2,1H3,(H,47,48)/t19-,22-,25-/m0/s1. The van der Waals surface area contributed by atoms with Gasteiger partial charge in [-0.1, -0.05) is 24.0 Å². The highest BCUT2D eigenvalue weighted by molar-refractivity contribution is 6.06. The quantitative estimate of drug-likeness (QED) is 0.167. The van der Waals surface area contributed by atoms with E-state index in [2.05, 4.69) is 31.8 Å². The van der Waals surface area contributed by atoms with E-state index in [-0.39, 0.29) is 47.4 Å². The molecule has 1 spiro atoms. The number of hydrogen-bond donors (Lipinski definition) is 1. The molecule has 3 aliphatic heterocycles. The lowest BCUT2D eigenvalue weighted by atomic mass is 9.90. The van der Waals surface area contributed by atoms with Crippen LogP contribution in [0.25, 0.3) is 22.1 Å². The minimum absolute atomic E-state index is 0.0401. The van der Waals surface area contributed by atoms with E-state index in [1.165, 1.54) is 29.4 Å². The molecular formula is C36H30F4N6O6. The van der Waals surface area contributed by atoms with Crippen LogP contribution in [-0.2, 0) is 14.3 Å². The second kappa shape index (κ2) is 13.2. The Bertz CT molecular complexity index is 2240. The zero-order chi connectivity index (χ0) is 36.1. The maximum Gasteiger partial charge on any atom is 0.326 e. The molecular weight excluding hydrogens is 688 g/mol. The van der Waals surface area contributed by atoms with E-state index in [1.807, 2.05) is 11.8 Å². The molecule has 0 bridgehead atoms. The maximum absolute atomic E-state index is 14.1. The number of fused-ring (bicyclic) bond motifs is 3. The molecule has 4 aromatic heterocycles. The third-order valence-electron chi connectivity index (χ3n) is 9.68. The summed E-state index contributed by atoms with van der Waals surface area (Å²) in [7, 11) is 0. The molecule has 5 aromatic rings. The number of benzene rings is 1. The molecule has 0 unspecified atom stereocenters. The monoisotopic (exact) mass is 718 g/mol. The van der Waals surface area contributed by atoms with Gasteiger partial charge in [0.05, 0.1) is 38.0 Å². The largest absolute Gasteiger partial charge is 0.480 e. The van der Waals surface area contributed by atoms with Crippen LogP contribution in [0.2, 0.25) is 0 Å². The second-order valence-corrected chi connectivity index (χ2v) is 12.8. The Hall–Kier alpha value is -5.53. The number of nitrogens with zero attached hydrogens (tertiary/aromatic N) is 6. The average Bonchev–Trinajstić information content (AvgIpc) is 3.72. The van der Waals surface area contributed by atoms with Gasteiger partial charge in [0.2, 0.25) is 5.88 Å². The second-order valence-electron chi connectivity index (χ2n) is 12.8. The number of carbonyl (C=O) groups is 1. The smallest absolute Gasteiger partial charge is 0.326 e. The number of halogens is 4. The molecule has 7 heterocycles. The summed E-state index contributed by atoms with van der Waals surface area (Å²) in [5.41, 5.74) is 0.636. The van der Waals surface area contributed by atoms with E-state index in [9.17, 15) is 27.5 Å². The van der Waals surface area contributed by atoms with Crippen molar-refractivity contribution in [3.05, 3.63) is 77.5 Å². The first-order valence-electron chi connectivity index (χ1n) is 16.5. The van der Waals surface area contributed by atoms with Gasteiger partial charge in [-0.05, 0) is 37.3 Å². The molecule has 3 saturated heterocycles. The van der Waals surface area contributed by atoms with E-state index < -0.39 is 48.1 Å². The Balaban J connectivity index is 1.16. The molecule has 52 heavy (non-hydrogen) atoms. The fourth-order valence-electron chi connectivity index (χ4n) is 6.94. The molecule has 8 rings (SSSR count). The molecule has 1 N–H and O–H groups in total. The Labute approximate surface area is 293 Å². The SMILES string of the molecule is C[C@@H]1N(c2cc(C#Cc3cccnc3C(F)F)cnc2O[C@H]2C[C@@H](C(=O)O)N(c3nc(C(F)F)nc4c3oc3ccccc34)C2)CCOC12COC2. The number of aliphatic carboxylic acids is 1. The van der Waals surface area contributed by atoms with Crippen molar-refractivity contribution in [3.8, 4) is 17.7 Å². The van der Waals surface area contributed by atoms with E-state index >= 15 is 0 Å². The van der Waals surface area contributed by atoms with E-state index in [0.717, 1.165) is 0 Å². The number of carboxylic acids is 1. The highest BCUT2D eigenvalue weighted by Crippen LogP contribution is 2.41. The normalized spacial score (nSPS) is 21.2. The van der Waals surface area contributed by atoms with Crippen molar-refractivity contribution < 1.29 is 46.1 Å². The molecule has 0 amide bonds. The number of aromatic nitrogens is 4. The summed E-state index contributed by atoms with van der Waals surface area (Å²) in [6.45, 7) is 3.53. The predicted molar refractivity (Wildman–Crippen MR) is 178 cm³/mol. The molecule has 0 saturated carbocycles. The number of para-hydroxylation sites is 1. The lowest BCUT2D eigenvalue weighted by Gasteiger charge is -2.53. The first kappa shape index (κ1) is 33.6. The van der Waals surface area contributed by atoms with E-state index in [4.69, 9.17) is 18.6 Å². The summed E-state index contributed by atoms with van der Waals surface area (Å²) < 4.78 is 79.4. The van der Waals surface area contributed by atoms with Crippen molar-refractivity contribution in [2.75, 3.05) is 42.7 Å². The lowest BCUT2D eigenvalue weighted by Crippen LogP contribution is -2.68. The van der Waals surface area contributed by atoms with Crippen molar-refractivity contribution in [2.24, 2.45) is 0 Å². The number of pyridine rings is 2. The van der Waals surface area contributed by atoms with Gasteiger partial charge in [-0.3, -0.25) is 4.98 Å². The lowest BCUT2D eigenvalue weighted by molar-refractivity contribution is -0.228. The number of alkyl halides is 4. The molecule has 3 atom stereocenters. The van der Waals surface area contributed by atoms with Crippen molar-refractivity contribution >= 4 is 39.5 Å². The van der Waals surface area contributed by atoms with Crippen LogP contribution in [0, 0.1) is 11.8 Å². The van der Waals surface area contributed by atoms with Gasteiger partial charge < -0.3 is 33.5 Å². The third kappa shape index (κ3) is 5.89. The van der Waals surface area contributed by atoms with Crippen molar-refractivity contribution in [1.82, 2.24) is 19.9 Å².